The Morgan fingerprint density at radius 1 is 1.25 bits per heavy atom. The number of carbonyl (C=O) groups is 4. The number of urea groups is 1. The number of benzene rings is 1. The summed E-state index contributed by atoms with van der Waals surface area (Å²) in [6, 6.07) is 6.78. The quantitative estimate of drug-likeness (QED) is 0.724. The van der Waals surface area contributed by atoms with Gasteiger partial charge in [-0.05, 0) is 31.9 Å². The molecule has 1 aromatic carbocycles. The lowest BCUT2D eigenvalue weighted by Gasteiger charge is -2.28. The van der Waals surface area contributed by atoms with Gasteiger partial charge >= 0.3 is 12.0 Å². The zero-order valence-electron chi connectivity index (χ0n) is 15.6. The second kappa shape index (κ2) is 9.09. The number of imide groups is 1. The third kappa shape index (κ3) is 5.03. The van der Waals surface area contributed by atoms with Gasteiger partial charge in [-0.2, -0.15) is 0 Å². The van der Waals surface area contributed by atoms with Crippen molar-refractivity contribution in [2.24, 2.45) is 0 Å². The molecule has 0 bridgehead atoms. The number of rotatable bonds is 5. The van der Waals surface area contributed by atoms with Crippen molar-refractivity contribution in [3.05, 3.63) is 24.3 Å². The highest BCUT2D eigenvalue weighted by Crippen LogP contribution is 2.34. The number of hydrogen-bond acceptors (Lipinski definition) is 6. The Bertz CT molecular complexity index is 779. The van der Waals surface area contributed by atoms with Gasteiger partial charge in [0.2, 0.25) is 5.91 Å². The molecule has 2 N–H and O–H groups in total. The molecule has 150 valence electrons. The van der Waals surface area contributed by atoms with Crippen LogP contribution in [0.2, 0.25) is 0 Å². The molecule has 3 rings (SSSR count). The van der Waals surface area contributed by atoms with E-state index in [-0.39, 0.29) is 24.2 Å². The van der Waals surface area contributed by atoms with E-state index in [0.717, 1.165) is 30.6 Å². The van der Waals surface area contributed by atoms with E-state index in [2.05, 4.69) is 10.6 Å². The van der Waals surface area contributed by atoms with Gasteiger partial charge in [0.05, 0.1) is 11.4 Å². The number of amides is 4. The van der Waals surface area contributed by atoms with E-state index in [9.17, 15) is 19.2 Å². The number of para-hydroxylation sites is 1. The van der Waals surface area contributed by atoms with Gasteiger partial charge in [0.1, 0.15) is 6.54 Å². The van der Waals surface area contributed by atoms with Crippen LogP contribution < -0.4 is 15.5 Å². The van der Waals surface area contributed by atoms with Crippen molar-refractivity contribution in [2.75, 3.05) is 17.2 Å². The molecule has 1 aliphatic carbocycles. The predicted octanol–water partition coefficient (Wildman–Crippen LogP) is 1.83. The van der Waals surface area contributed by atoms with Crippen LogP contribution in [0.25, 0.3) is 0 Å². The van der Waals surface area contributed by atoms with Gasteiger partial charge in [0, 0.05) is 10.9 Å². The minimum Gasteiger partial charge on any atom is -0.451 e. The fourth-order valence-corrected chi connectivity index (χ4v) is 4.19. The fourth-order valence-electron chi connectivity index (χ4n) is 3.25. The topological polar surface area (TPSA) is 105 Å². The smallest absolute Gasteiger partial charge is 0.326 e. The molecule has 28 heavy (non-hydrogen) atoms. The number of carbonyl (C=O) groups excluding carboxylic acids is 4. The van der Waals surface area contributed by atoms with E-state index >= 15 is 0 Å². The minimum absolute atomic E-state index is 0.0775. The summed E-state index contributed by atoms with van der Waals surface area (Å²) in [5.74, 6) is -1.38. The van der Waals surface area contributed by atoms with Gasteiger partial charge in [-0.1, -0.05) is 25.0 Å². The summed E-state index contributed by atoms with van der Waals surface area (Å²) in [5.41, 5.74) is 0.647. The third-order valence-electron chi connectivity index (χ3n) is 4.70. The van der Waals surface area contributed by atoms with Crippen LogP contribution >= 0.6 is 11.8 Å². The van der Waals surface area contributed by atoms with Gasteiger partial charge in [-0.25, -0.2) is 4.79 Å². The summed E-state index contributed by atoms with van der Waals surface area (Å²) >= 11 is 1.41. The molecule has 0 saturated heterocycles. The number of esters is 1. The van der Waals surface area contributed by atoms with Gasteiger partial charge in [-0.15, -0.1) is 11.8 Å². The Balaban J connectivity index is 1.50. The maximum atomic E-state index is 12.2. The van der Waals surface area contributed by atoms with Crippen LogP contribution in [-0.4, -0.2) is 48.3 Å². The van der Waals surface area contributed by atoms with Crippen LogP contribution in [0.15, 0.2) is 29.2 Å². The first-order valence-electron chi connectivity index (χ1n) is 9.27. The number of nitrogens with zero attached hydrogens (tertiary/aromatic N) is 1. The largest absolute Gasteiger partial charge is 0.451 e. The third-order valence-corrected chi connectivity index (χ3v) is 5.75. The molecular weight excluding hydrogens is 382 g/mol. The zero-order chi connectivity index (χ0) is 20.1. The van der Waals surface area contributed by atoms with Crippen LogP contribution in [0.4, 0.5) is 10.5 Å². The van der Waals surface area contributed by atoms with Crippen LogP contribution in [0.1, 0.15) is 32.6 Å². The van der Waals surface area contributed by atoms with E-state index in [0.29, 0.717) is 5.69 Å². The second-order valence-electron chi connectivity index (χ2n) is 6.81. The first kappa shape index (κ1) is 20.2. The van der Waals surface area contributed by atoms with Gasteiger partial charge < -0.3 is 10.1 Å². The second-order valence-corrected chi connectivity index (χ2v) is 7.83. The molecular formula is C19H23N3O5S. The molecule has 1 unspecified atom stereocenters. The average molecular weight is 405 g/mol. The first-order valence-corrected chi connectivity index (χ1v) is 10.3. The molecule has 1 saturated carbocycles. The Labute approximate surface area is 167 Å². The first-order chi connectivity index (χ1) is 13.4. The molecule has 4 amide bonds. The maximum Gasteiger partial charge on any atom is 0.326 e. The van der Waals surface area contributed by atoms with Crippen molar-refractivity contribution >= 4 is 41.3 Å². The molecule has 8 nitrogen and oxygen atoms in total. The summed E-state index contributed by atoms with van der Waals surface area (Å²) in [4.78, 5) is 50.6. The summed E-state index contributed by atoms with van der Waals surface area (Å²) in [6.45, 7) is 1.10. The number of hydrogen-bond donors (Lipinski definition) is 2. The number of fused-ring (bicyclic) bond motifs is 1. The van der Waals surface area contributed by atoms with Gasteiger partial charge in [-0.3, -0.25) is 24.6 Å². The molecule has 9 heteroatoms. The fraction of sp³-hybridized carbons (Fsp3) is 0.474. The van der Waals surface area contributed by atoms with Crippen molar-refractivity contribution in [1.29, 1.82) is 0 Å². The summed E-state index contributed by atoms with van der Waals surface area (Å²) in [6.07, 6.45) is 2.77. The highest BCUT2D eigenvalue weighted by molar-refractivity contribution is 8.00. The highest BCUT2D eigenvalue weighted by atomic mass is 32.2. The van der Waals surface area contributed by atoms with Crippen molar-refractivity contribution in [3.63, 3.8) is 0 Å². The van der Waals surface area contributed by atoms with Crippen molar-refractivity contribution in [2.45, 2.75) is 49.6 Å². The Morgan fingerprint density at radius 2 is 1.96 bits per heavy atom. The zero-order valence-corrected chi connectivity index (χ0v) is 16.4. The lowest BCUT2D eigenvalue weighted by molar-refractivity contribution is -0.153. The van der Waals surface area contributed by atoms with Crippen LogP contribution in [-0.2, 0) is 19.1 Å². The van der Waals surface area contributed by atoms with Crippen molar-refractivity contribution in [1.82, 2.24) is 10.6 Å². The monoisotopic (exact) mass is 405 g/mol. The van der Waals surface area contributed by atoms with E-state index < -0.39 is 24.0 Å². The number of nitrogens with one attached hydrogen (secondary N) is 2. The number of anilines is 1. The Morgan fingerprint density at radius 3 is 2.71 bits per heavy atom. The number of thioether (sulfide) groups is 1. The van der Waals surface area contributed by atoms with Gasteiger partial charge in [0.15, 0.2) is 6.10 Å². The molecule has 0 radical (unpaired) electrons. The molecule has 0 spiro atoms. The summed E-state index contributed by atoms with van der Waals surface area (Å²) in [5, 5.41) is 4.92. The number of ether oxygens (including phenoxy) is 1. The SMILES string of the molecule is CC(OC(=O)CN1C(=O)CSc2ccccc21)C(=O)NC(=O)NC1CCCC1. The molecule has 1 aliphatic heterocycles. The standard InChI is InChI=1S/C19H23N3O5S/c1-12(18(25)21-19(26)20-13-6-2-3-7-13)27-17(24)10-22-14-8-4-5-9-15(14)28-11-16(22)23/h4-5,8-9,12-13H,2-3,6-7,10-11H2,1H3,(H2,20,21,25,26). The average Bonchev–Trinajstić information content (AvgIpc) is 3.16. The van der Waals surface area contributed by atoms with Crippen LogP contribution in [0, 0.1) is 0 Å². The van der Waals surface area contributed by atoms with Gasteiger partial charge in [0.25, 0.3) is 5.91 Å². The van der Waals surface area contributed by atoms with Crippen LogP contribution in [0.3, 0.4) is 0 Å². The maximum absolute atomic E-state index is 12.2. The predicted molar refractivity (Wildman–Crippen MR) is 104 cm³/mol. The van der Waals surface area contributed by atoms with Crippen molar-refractivity contribution in [3.8, 4) is 0 Å². The molecule has 1 aromatic rings. The minimum atomic E-state index is -1.15. The summed E-state index contributed by atoms with van der Waals surface area (Å²) < 4.78 is 5.12. The molecule has 0 aromatic heterocycles. The van der Waals surface area contributed by atoms with E-state index in [1.54, 1.807) is 12.1 Å². The molecule has 2 aliphatic rings. The molecule has 1 atom stereocenters. The lowest BCUT2D eigenvalue weighted by atomic mass is 10.2. The Kier molecular flexibility index (Phi) is 6.56. The lowest BCUT2D eigenvalue weighted by Crippen LogP contribution is -2.48. The highest BCUT2D eigenvalue weighted by Gasteiger charge is 2.28. The van der Waals surface area contributed by atoms with E-state index in [1.165, 1.54) is 23.6 Å². The van der Waals surface area contributed by atoms with E-state index in [4.69, 9.17) is 4.74 Å². The Hall–Kier alpha value is -2.55. The molecule has 1 heterocycles. The van der Waals surface area contributed by atoms with E-state index in [1.807, 2.05) is 12.1 Å². The molecule has 1 fully saturated rings. The normalized spacial score (nSPS) is 17.6. The summed E-state index contributed by atoms with van der Waals surface area (Å²) in [7, 11) is 0. The van der Waals surface area contributed by atoms with Crippen LogP contribution in [0.5, 0.6) is 0 Å². The van der Waals surface area contributed by atoms with Crippen molar-refractivity contribution < 1.29 is 23.9 Å².